The minimum Gasteiger partial charge on any atom is -0.381 e. The highest BCUT2D eigenvalue weighted by molar-refractivity contribution is 7.91. The van der Waals surface area contributed by atoms with Crippen LogP contribution in [0.4, 0.5) is 10.1 Å². The third kappa shape index (κ3) is 5.13. The number of fused-ring (bicyclic) bond motifs is 1. The van der Waals surface area contributed by atoms with E-state index < -0.39 is 39.3 Å². The second-order valence-corrected chi connectivity index (χ2v) is 10.9. The van der Waals surface area contributed by atoms with Gasteiger partial charge in [0.25, 0.3) is 5.91 Å². The van der Waals surface area contributed by atoms with Gasteiger partial charge in [0.05, 0.1) is 34.5 Å². The predicted molar refractivity (Wildman–Crippen MR) is 125 cm³/mol. The van der Waals surface area contributed by atoms with Crippen molar-refractivity contribution < 1.29 is 27.1 Å². The Bertz CT molecular complexity index is 1190. The van der Waals surface area contributed by atoms with Crippen molar-refractivity contribution in [3.05, 3.63) is 58.9 Å². The molecule has 0 radical (unpaired) electrons. The molecule has 0 saturated carbocycles. The lowest BCUT2D eigenvalue weighted by Gasteiger charge is -2.25. The Morgan fingerprint density at radius 2 is 1.88 bits per heavy atom. The molecule has 10 heteroatoms. The molecule has 2 heterocycles. The van der Waals surface area contributed by atoms with Crippen molar-refractivity contribution >= 4 is 27.3 Å². The first-order valence-corrected chi connectivity index (χ1v) is 12.9. The predicted octanol–water partition coefficient (Wildman–Crippen LogP) is 1.94. The number of carbonyl (C=O) groups is 2. The van der Waals surface area contributed by atoms with E-state index in [4.69, 9.17) is 10.5 Å². The van der Waals surface area contributed by atoms with Crippen LogP contribution in [0, 0.1) is 18.7 Å². The molecule has 4 rings (SSSR count). The second-order valence-electron chi connectivity index (χ2n) is 8.86. The maximum absolute atomic E-state index is 15.0. The van der Waals surface area contributed by atoms with Crippen LogP contribution in [0.15, 0.2) is 41.3 Å². The number of halogens is 1. The number of nitrogens with zero attached hydrogens (tertiary/aromatic N) is 1. The normalized spacial score (nSPS) is 20.5. The molecule has 2 aliphatic heterocycles. The Morgan fingerprint density at radius 1 is 1.21 bits per heavy atom. The van der Waals surface area contributed by atoms with E-state index in [0.717, 1.165) is 36.1 Å². The molecular weight excluding hydrogens is 461 g/mol. The zero-order valence-electron chi connectivity index (χ0n) is 18.9. The molecule has 1 fully saturated rings. The van der Waals surface area contributed by atoms with Crippen molar-refractivity contribution in [1.82, 2.24) is 5.32 Å². The van der Waals surface area contributed by atoms with Gasteiger partial charge >= 0.3 is 0 Å². The monoisotopic (exact) mass is 489 g/mol. The average Bonchev–Trinajstić information content (AvgIpc) is 2.87. The molecule has 2 aliphatic rings. The molecule has 2 aromatic rings. The zero-order chi connectivity index (χ0) is 24.5. The molecule has 0 aliphatic carbocycles. The highest BCUT2D eigenvalue weighted by atomic mass is 32.2. The largest absolute Gasteiger partial charge is 0.381 e. The van der Waals surface area contributed by atoms with Crippen molar-refractivity contribution in [1.29, 1.82) is 0 Å². The van der Waals surface area contributed by atoms with Gasteiger partial charge in [-0.05, 0) is 43.4 Å². The van der Waals surface area contributed by atoms with Gasteiger partial charge in [-0.15, -0.1) is 0 Å². The minimum absolute atomic E-state index is 0.0318. The number of nitrogens with one attached hydrogen (secondary N) is 1. The molecule has 2 amide bonds. The maximum atomic E-state index is 15.0. The zero-order valence-corrected chi connectivity index (χ0v) is 19.7. The van der Waals surface area contributed by atoms with Gasteiger partial charge in [-0.2, -0.15) is 0 Å². The van der Waals surface area contributed by atoms with Gasteiger partial charge in [0.2, 0.25) is 5.91 Å². The summed E-state index contributed by atoms with van der Waals surface area (Å²) in [4.78, 5) is 26.8. The molecular formula is C24H28FN3O5S. The fourth-order valence-corrected chi connectivity index (χ4v) is 5.78. The van der Waals surface area contributed by atoms with Gasteiger partial charge < -0.3 is 20.7 Å². The van der Waals surface area contributed by atoms with Crippen LogP contribution < -0.4 is 16.0 Å². The van der Waals surface area contributed by atoms with Crippen LogP contribution in [-0.2, 0) is 25.9 Å². The number of sulfone groups is 1. The fourth-order valence-electron chi connectivity index (χ4n) is 4.22. The van der Waals surface area contributed by atoms with Crippen molar-refractivity contribution in [3.8, 4) is 0 Å². The van der Waals surface area contributed by atoms with Crippen LogP contribution in [0.3, 0.4) is 0 Å². The number of hydrogen-bond donors (Lipinski definition) is 2. The number of ether oxygens (including phenoxy) is 1. The van der Waals surface area contributed by atoms with E-state index in [-0.39, 0.29) is 28.6 Å². The van der Waals surface area contributed by atoms with E-state index in [1.54, 1.807) is 0 Å². The molecule has 0 spiro atoms. The van der Waals surface area contributed by atoms with E-state index >= 15 is 0 Å². The lowest BCUT2D eigenvalue weighted by Crippen LogP contribution is -2.45. The van der Waals surface area contributed by atoms with Crippen molar-refractivity contribution in [2.75, 3.05) is 30.4 Å². The Balaban J connectivity index is 1.71. The second kappa shape index (κ2) is 9.81. The Hall–Kier alpha value is -2.82. The number of benzene rings is 2. The van der Waals surface area contributed by atoms with Crippen LogP contribution >= 0.6 is 0 Å². The Morgan fingerprint density at radius 3 is 2.56 bits per heavy atom. The van der Waals surface area contributed by atoms with E-state index in [1.165, 1.54) is 4.90 Å². The van der Waals surface area contributed by atoms with Gasteiger partial charge in [-0.1, -0.05) is 29.8 Å². The van der Waals surface area contributed by atoms with E-state index in [1.807, 2.05) is 31.2 Å². The highest BCUT2D eigenvalue weighted by Crippen LogP contribution is 2.34. The molecule has 2 aromatic carbocycles. The Labute approximate surface area is 198 Å². The van der Waals surface area contributed by atoms with Gasteiger partial charge in [0, 0.05) is 19.8 Å². The topological polar surface area (TPSA) is 119 Å². The average molecular weight is 490 g/mol. The molecule has 3 N–H and O–H groups in total. The third-order valence-electron chi connectivity index (χ3n) is 6.25. The quantitative estimate of drug-likeness (QED) is 0.663. The number of carbonyl (C=O) groups excluding carboxylic acids is 2. The number of amides is 2. The van der Waals surface area contributed by atoms with Crippen LogP contribution in [0.2, 0.25) is 0 Å². The van der Waals surface area contributed by atoms with Crippen LogP contribution in [0.5, 0.6) is 0 Å². The van der Waals surface area contributed by atoms with Gasteiger partial charge in [-0.3, -0.25) is 9.59 Å². The molecule has 0 bridgehead atoms. The smallest absolute Gasteiger partial charge is 0.254 e. The molecule has 1 saturated heterocycles. The summed E-state index contributed by atoms with van der Waals surface area (Å²) in [5.41, 5.74) is 7.31. The number of hydrogen-bond acceptors (Lipinski definition) is 6. The lowest BCUT2D eigenvalue weighted by molar-refractivity contribution is -0.119. The summed E-state index contributed by atoms with van der Waals surface area (Å²) in [7, 11) is -4.06. The molecule has 8 nitrogen and oxygen atoms in total. The number of aryl methyl sites for hydroxylation is 1. The van der Waals surface area contributed by atoms with Crippen LogP contribution in [0.1, 0.15) is 34.3 Å². The van der Waals surface area contributed by atoms with Crippen LogP contribution in [-0.4, -0.2) is 51.8 Å². The maximum Gasteiger partial charge on any atom is 0.254 e. The summed E-state index contributed by atoms with van der Waals surface area (Å²) < 4.78 is 46.1. The first-order valence-electron chi connectivity index (χ1n) is 11.2. The van der Waals surface area contributed by atoms with Gasteiger partial charge in [-0.25, -0.2) is 12.8 Å². The summed E-state index contributed by atoms with van der Waals surface area (Å²) in [6, 6.07) is 8.03. The SMILES string of the molecule is Cc1ccc(CN2C(=O)[C@@H](N)CS(=O)(=O)c3cc(F)c(C(=O)NCC4CCOCC4)cc32)cc1. The number of nitrogens with two attached hydrogens (primary N) is 1. The van der Waals surface area contributed by atoms with E-state index in [2.05, 4.69) is 5.32 Å². The number of rotatable bonds is 5. The summed E-state index contributed by atoms with van der Waals surface area (Å²) in [6.45, 7) is 3.54. The van der Waals surface area contributed by atoms with Crippen LogP contribution in [0.25, 0.3) is 0 Å². The van der Waals surface area contributed by atoms with Crippen molar-refractivity contribution in [2.45, 2.75) is 37.2 Å². The Kier molecular flexibility index (Phi) is 7.01. The molecule has 0 unspecified atom stereocenters. The summed E-state index contributed by atoms with van der Waals surface area (Å²) in [6.07, 6.45) is 1.59. The lowest BCUT2D eigenvalue weighted by atomic mass is 10.0. The summed E-state index contributed by atoms with van der Waals surface area (Å²) >= 11 is 0. The van der Waals surface area contributed by atoms with Gasteiger partial charge in [0.15, 0.2) is 9.84 Å². The highest BCUT2D eigenvalue weighted by Gasteiger charge is 2.37. The summed E-state index contributed by atoms with van der Waals surface area (Å²) in [5.74, 6) is -2.66. The molecule has 0 aromatic heterocycles. The standard InChI is InChI=1S/C24H28FN3O5S/c1-15-2-4-17(5-3-15)13-28-21-10-18(23(29)27-12-16-6-8-33-9-7-16)19(25)11-22(21)34(31,32)14-20(26)24(28)30/h2-5,10-11,16,20H,6-9,12-14,26H2,1H3,(H,27,29)/t20-/m0/s1. The van der Waals surface area contributed by atoms with E-state index in [9.17, 15) is 22.4 Å². The molecule has 34 heavy (non-hydrogen) atoms. The van der Waals surface area contributed by atoms with Gasteiger partial charge in [0.1, 0.15) is 5.82 Å². The van der Waals surface area contributed by atoms with Crippen molar-refractivity contribution in [3.63, 3.8) is 0 Å². The van der Waals surface area contributed by atoms with Crippen molar-refractivity contribution in [2.24, 2.45) is 11.7 Å². The third-order valence-corrected chi connectivity index (χ3v) is 8.05. The fraction of sp³-hybridized carbons (Fsp3) is 0.417. The first-order chi connectivity index (χ1) is 16.2. The minimum atomic E-state index is -4.06. The van der Waals surface area contributed by atoms with E-state index in [0.29, 0.717) is 19.8 Å². The molecule has 1 atom stereocenters. The summed E-state index contributed by atoms with van der Waals surface area (Å²) in [5, 5.41) is 2.73. The molecule has 182 valence electrons. The first kappa shape index (κ1) is 24.3. The number of anilines is 1.